The zero-order valence-electron chi connectivity index (χ0n) is 15.5. The summed E-state index contributed by atoms with van der Waals surface area (Å²) in [5.41, 5.74) is 1.27. The molecule has 0 aliphatic heterocycles. The largest absolute Gasteiger partial charge is 0.493 e. The minimum atomic E-state index is -0.224. The molecule has 0 fully saturated rings. The number of aromatic nitrogens is 3. The Morgan fingerprint density at radius 1 is 1.33 bits per heavy atom. The molecule has 0 aliphatic rings. The van der Waals surface area contributed by atoms with Gasteiger partial charge in [0.2, 0.25) is 4.96 Å². The summed E-state index contributed by atoms with van der Waals surface area (Å²) in [5, 5.41) is 5.21. The van der Waals surface area contributed by atoms with Crippen LogP contribution in [0.15, 0.2) is 29.1 Å². The fraction of sp³-hybridized carbons (Fsp3) is 0.316. The number of ether oxygens (including phenoxy) is 2. The summed E-state index contributed by atoms with van der Waals surface area (Å²) in [5.74, 6) is 1.71. The number of fused-ring (bicyclic) bond motifs is 1. The first-order valence-electron chi connectivity index (χ1n) is 8.43. The molecule has 0 saturated heterocycles. The molecule has 27 heavy (non-hydrogen) atoms. The fourth-order valence-electron chi connectivity index (χ4n) is 2.38. The third-order valence-electron chi connectivity index (χ3n) is 3.63. The van der Waals surface area contributed by atoms with Crippen molar-refractivity contribution >= 4 is 39.0 Å². The highest BCUT2D eigenvalue weighted by atomic mass is 35.5. The predicted molar refractivity (Wildman–Crippen MR) is 109 cm³/mol. The number of hydrogen-bond acceptors (Lipinski definition) is 6. The number of methoxy groups -OCH3 is 1. The van der Waals surface area contributed by atoms with E-state index in [1.165, 1.54) is 21.9 Å². The number of benzene rings is 1. The summed E-state index contributed by atoms with van der Waals surface area (Å²) in [7, 11) is 1.61. The lowest BCUT2D eigenvalue weighted by atomic mass is 10.2. The van der Waals surface area contributed by atoms with Gasteiger partial charge in [-0.2, -0.15) is 9.61 Å². The number of rotatable bonds is 6. The molecule has 0 bridgehead atoms. The van der Waals surface area contributed by atoms with E-state index in [0.717, 1.165) is 5.56 Å². The molecule has 1 aromatic carbocycles. The normalized spacial score (nSPS) is 12.0. The van der Waals surface area contributed by atoms with Crippen molar-refractivity contribution < 1.29 is 9.47 Å². The molecule has 8 heteroatoms. The highest BCUT2D eigenvalue weighted by Gasteiger charge is 2.12. The van der Waals surface area contributed by atoms with Crippen LogP contribution in [0.2, 0.25) is 0 Å². The summed E-state index contributed by atoms with van der Waals surface area (Å²) in [6.07, 6.45) is 1.78. The van der Waals surface area contributed by atoms with Crippen molar-refractivity contribution in [2.24, 2.45) is 5.92 Å². The maximum absolute atomic E-state index is 12.0. The van der Waals surface area contributed by atoms with E-state index in [9.17, 15) is 4.79 Å². The van der Waals surface area contributed by atoms with E-state index in [-0.39, 0.29) is 5.56 Å². The fourth-order valence-corrected chi connectivity index (χ4v) is 3.52. The summed E-state index contributed by atoms with van der Waals surface area (Å²) < 4.78 is 12.4. The first kappa shape index (κ1) is 19.4. The lowest BCUT2D eigenvalue weighted by Crippen LogP contribution is -2.14. The Morgan fingerprint density at radius 2 is 2.11 bits per heavy atom. The molecule has 0 radical (unpaired) electrons. The number of halogens is 1. The van der Waals surface area contributed by atoms with E-state index in [1.807, 2.05) is 18.2 Å². The third-order valence-corrected chi connectivity index (χ3v) is 4.97. The van der Waals surface area contributed by atoms with E-state index in [2.05, 4.69) is 23.9 Å². The van der Waals surface area contributed by atoms with Gasteiger partial charge >= 0.3 is 0 Å². The Balaban J connectivity index is 1.94. The SMILES string of the molecule is COc1ccc(/C=C(\Cl)c2nn3c(=O)cc(C)nc3s2)cc1OCC(C)C. The van der Waals surface area contributed by atoms with Crippen LogP contribution in [-0.2, 0) is 0 Å². The smallest absolute Gasteiger partial charge is 0.275 e. The second-order valence-electron chi connectivity index (χ2n) is 6.44. The summed E-state index contributed by atoms with van der Waals surface area (Å²) in [6.45, 7) is 6.52. The van der Waals surface area contributed by atoms with E-state index >= 15 is 0 Å². The van der Waals surface area contributed by atoms with Crippen LogP contribution in [0.25, 0.3) is 16.1 Å². The van der Waals surface area contributed by atoms with Gasteiger partial charge in [-0.3, -0.25) is 4.79 Å². The molecule has 0 amide bonds. The van der Waals surface area contributed by atoms with Gasteiger partial charge in [0.05, 0.1) is 18.7 Å². The highest BCUT2D eigenvalue weighted by molar-refractivity contribution is 7.18. The van der Waals surface area contributed by atoms with Gasteiger partial charge in [-0.25, -0.2) is 4.98 Å². The second kappa shape index (κ2) is 8.10. The van der Waals surface area contributed by atoms with Crippen molar-refractivity contribution in [3.05, 3.63) is 50.9 Å². The maximum atomic E-state index is 12.0. The number of nitrogens with zero attached hydrogens (tertiary/aromatic N) is 3. The molecular formula is C19H20ClN3O3S. The van der Waals surface area contributed by atoms with Gasteiger partial charge in [-0.05, 0) is 36.6 Å². The molecule has 142 valence electrons. The van der Waals surface area contributed by atoms with E-state index in [4.69, 9.17) is 21.1 Å². The molecule has 0 N–H and O–H groups in total. The van der Waals surface area contributed by atoms with Crippen LogP contribution in [0.3, 0.4) is 0 Å². The molecule has 2 heterocycles. The molecule has 0 unspecified atom stereocenters. The predicted octanol–water partition coefficient (Wildman–Crippen LogP) is 4.24. The average Bonchev–Trinajstić information content (AvgIpc) is 3.04. The van der Waals surface area contributed by atoms with Gasteiger partial charge in [0, 0.05) is 11.8 Å². The first-order valence-corrected chi connectivity index (χ1v) is 9.62. The van der Waals surface area contributed by atoms with Crippen LogP contribution in [0.5, 0.6) is 11.5 Å². The Morgan fingerprint density at radius 3 is 2.81 bits per heavy atom. The van der Waals surface area contributed by atoms with Crippen molar-refractivity contribution in [3.63, 3.8) is 0 Å². The zero-order chi connectivity index (χ0) is 19.6. The van der Waals surface area contributed by atoms with Crippen LogP contribution in [-0.4, -0.2) is 28.3 Å². The minimum absolute atomic E-state index is 0.224. The Hall–Kier alpha value is -2.38. The van der Waals surface area contributed by atoms with E-state index < -0.39 is 0 Å². The second-order valence-corrected chi connectivity index (χ2v) is 7.81. The Kier molecular flexibility index (Phi) is 5.82. The van der Waals surface area contributed by atoms with Crippen molar-refractivity contribution in [2.45, 2.75) is 20.8 Å². The molecule has 0 spiro atoms. The minimum Gasteiger partial charge on any atom is -0.493 e. The lowest BCUT2D eigenvalue weighted by Gasteiger charge is -2.13. The van der Waals surface area contributed by atoms with E-state index in [0.29, 0.717) is 44.7 Å². The molecule has 0 atom stereocenters. The maximum Gasteiger partial charge on any atom is 0.275 e. The van der Waals surface area contributed by atoms with Gasteiger partial charge in [0.25, 0.3) is 5.56 Å². The van der Waals surface area contributed by atoms with Crippen LogP contribution < -0.4 is 15.0 Å². The number of hydrogen-bond donors (Lipinski definition) is 0. The summed E-state index contributed by atoms with van der Waals surface area (Å²) in [6, 6.07) is 7.02. The standard InChI is InChI=1S/C19H20ClN3O3S/c1-11(2)10-26-16-9-13(5-6-15(16)25-4)8-14(20)18-22-23-17(24)7-12(3)21-19(23)27-18/h5-9,11H,10H2,1-4H3/b14-8-. The quantitative estimate of drug-likeness (QED) is 0.613. The zero-order valence-corrected chi connectivity index (χ0v) is 17.1. The molecule has 3 rings (SSSR count). The van der Waals surface area contributed by atoms with E-state index in [1.54, 1.807) is 20.1 Å². The average molecular weight is 406 g/mol. The molecule has 2 aromatic heterocycles. The van der Waals surface area contributed by atoms with Gasteiger partial charge in [-0.1, -0.05) is 42.9 Å². The monoisotopic (exact) mass is 405 g/mol. The van der Waals surface area contributed by atoms with Crippen molar-refractivity contribution in [1.29, 1.82) is 0 Å². The molecule has 3 aromatic rings. The van der Waals surface area contributed by atoms with Crippen molar-refractivity contribution in [3.8, 4) is 11.5 Å². The first-order chi connectivity index (χ1) is 12.9. The van der Waals surface area contributed by atoms with Crippen LogP contribution in [0.1, 0.15) is 30.1 Å². The Bertz CT molecular complexity index is 1060. The third kappa shape index (κ3) is 4.48. The number of aryl methyl sites for hydroxylation is 1. The molecule has 0 aliphatic carbocycles. The summed E-state index contributed by atoms with van der Waals surface area (Å²) in [4.78, 5) is 16.8. The lowest BCUT2D eigenvalue weighted by molar-refractivity contribution is 0.257. The topological polar surface area (TPSA) is 65.7 Å². The summed E-state index contributed by atoms with van der Waals surface area (Å²) >= 11 is 7.72. The van der Waals surface area contributed by atoms with Crippen molar-refractivity contribution in [1.82, 2.24) is 14.6 Å². The van der Waals surface area contributed by atoms with Gasteiger partial charge in [-0.15, -0.1) is 0 Å². The van der Waals surface area contributed by atoms with Gasteiger partial charge in [0.15, 0.2) is 16.5 Å². The van der Waals surface area contributed by atoms with Crippen LogP contribution in [0, 0.1) is 12.8 Å². The van der Waals surface area contributed by atoms with Crippen LogP contribution in [0.4, 0.5) is 0 Å². The van der Waals surface area contributed by atoms with Crippen LogP contribution >= 0.6 is 22.9 Å². The molecular weight excluding hydrogens is 386 g/mol. The van der Waals surface area contributed by atoms with Gasteiger partial charge < -0.3 is 9.47 Å². The van der Waals surface area contributed by atoms with Gasteiger partial charge in [0.1, 0.15) is 0 Å². The Labute approximate surface area is 166 Å². The molecule has 0 saturated carbocycles. The van der Waals surface area contributed by atoms with Crippen molar-refractivity contribution in [2.75, 3.05) is 13.7 Å². The highest BCUT2D eigenvalue weighted by Crippen LogP contribution is 2.31. The molecule has 6 nitrogen and oxygen atoms in total.